The van der Waals surface area contributed by atoms with Gasteiger partial charge in [-0.3, -0.25) is 4.98 Å². The lowest BCUT2D eigenvalue weighted by Crippen LogP contribution is -2.15. The van der Waals surface area contributed by atoms with Crippen LogP contribution in [0.4, 0.5) is 11.8 Å². The van der Waals surface area contributed by atoms with Crippen LogP contribution in [0.3, 0.4) is 0 Å². The molecule has 24 heavy (non-hydrogen) atoms. The zero-order chi connectivity index (χ0) is 17.2. The topological polar surface area (TPSA) is 89.0 Å². The van der Waals surface area contributed by atoms with Crippen molar-refractivity contribution in [1.82, 2.24) is 15.0 Å². The molecule has 0 spiro atoms. The number of aromatic nitrogens is 3. The number of carbonyl (C=O) groups excluding carboxylic acids is 1. The summed E-state index contributed by atoms with van der Waals surface area (Å²) in [4.78, 5) is 24.6. The van der Waals surface area contributed by atoms with E-state index in [0.717, 1.165) is 19.4 Å². The van der Waals surface area contributed by atoms with Gasteiger partial charge < -0.3 is 15.4 Å². The average molecular weight is 329 g/mol. The van der Waals surface area contributed by atoms with Gasteiger partial charge in [0.1, 0.15) is 11.4 Å². The van der Waals surface area contributed by atoms with Gasteiger partial charge in [-0.1, -0.05) is 6.92 Å². The molecule has 7 heteroatoms. The second-order valence-corrected chi connectivity index (χ2v) is 5.14. The Bertz CT molecular complexity index is 649. The number of nitrogens with one attached hydrogen (secondary N) is 2. The Balaban J connectivity index is 2.03. The van der Waals surface area contributed by atoms with Crippen LogP contribution in [-0.4, -0.2) is 40.6 Å². The highest BCUT2D eigenvalue weighted by molar-refractivity contribution is 5.94. The molecule has 0 fully saturated rings. The highest BCUT2D eigenvalue weighted by Crippen LogP contribution is 2.15. The molecule has 0 unspecified atom stereocenters. The van der Waals surface area contributed by atoms with Crippen molar-refractivity contribution in [2.75, 3.05) is 30.3 Å². The highest BCUT2D eigenvalue weighted by atomic mass is 16.5. The monoisotopic (exact) mass is 329 g/mol. The molecule has 0 saturated heterocycles. The summed E-state index contributed by atoms with van der Waals surface area (Å²) in [7, 11) is 0. The van der Waals surface area contributed by atoms with Gasteiger partial charge in [-0.2, -0.15) is 4.98 Å². The summed E-state index contributed by atoms with van der Waals surface area (Å²) in [6.07, 6.45) is 6.80. The molecule has 2 heterocycles. The number of hydrogen-bond donors (Lipinski definition) is 2. The number of hydrogen-bond acceptors (Lipinski definition) is 7. The smallest absolute Gasteiger partial charge is 0.343 e. The SMILES string of the molecule is CCCNc1nc(NCCc2ccncc2)ncc1C(=O)OCC. The van der Waals surface area contributed by atoms with Crippen LogP contribution in [0.1, 0.15) is 36.2 Å². The maximum absolute atomic E-state index is 12.0. The minimum Gasteiger partial charge on any atom is -0.462 e. The summed E-state index contributed by atoms with van der Waals surface area (Å²) in [5, 5.41) is 6.32. The van der Waals surface area contributed by atoms with Gasteiger partial charge in [-0.15, -0.1) is 0 Å². The molecule has 2 rings (SSSR count). The van der Waals surface area contributed by atoms with Gasteiger partial charge in [-0.25, -0.2) is 9.78 Å². The van der Waals surface area contributed by atoms with Crippen LogP contribution in [-0.2, 0) is 11.2 Å². The molecule has 2 aromatic rings. The lowest BCUT2D eigenvalue weighted by atomic mass is 10.2. The fraction of sp³-hybridized carbons (Fsp3) is 0.412. The molecule has 7 nitrogen and oxygen atoms in total. The van der Waals surface area contributed by atoms with E-state index in [1.807, 2.05) is 19.1 Å². The average Bonchev–Trinajstić information content (AvgIpc) is 2.61. The van der Waals surface area contributed by atoms with Crippen LogP contribution in [0.2, 0.25) is 0 Å². The van der Waals surface area contributed by atoms with E-state index in [9.17, 15) is 4.79 Å². The third-order valence-electron chi connectivity index (χ3n) is 3.27. The zero-order valence-corrected chi connectivity index (χ0v) is 14.1. The molecular weight excluding hydrogens is 306 g/mol. The third kappa shape index (κ3) is 5.19. The fourth-order valence-corrected chi connectivity index (χ4v) is 2.07. The summed E-state index contributed by atoms with van der Waals surface area (Å²) >= 11 is 0. The van der Waals surface area contributed by atoms with Crippen molar-refractivity contribution in [2.45, 2.75) is 26.7 Å². The van der Waals surface area contributed by atoms with Gasteiger partial charge in [0.05, 0.1) is 6.61 Å². The molecule has 0 atom stereocenters. The van der Waals surface area contributed by atoms with Gasteiger partial charge in [-0.05, 0) is 37.5 Å². The Morgan fingerprint density at radius 3 is 2.67 bits per heavy atom. The molecule has 2 N–H and O–H groups in total. The maximum Gasteiger partial charge on any atom is 0.343 e. The van der Waals surface area contributed by atoms with Crippen LogP contribution < -0.4 is 10.6 Å². The summed E-state index contributed by atoms with van der Waals surface area (Å²) in [5.41, 5.74) is 1.54. The van der Waals surface area contributed by atoms with Crippen LogP contribution >= 0.6 is 0 Å². The predicted octanol–water partition coefficient (Wildman–Crippen LogP) is 2.52. The third-order valence-corrected chi connectivity index (χ3v) is 3.27. The summed E-state index contributed by atoms with van der Waals surface area (Å²) in [5.74, 6) is 0.562. The van der Waals surface area contributed by atoms with Crippen molar-refractivity contribution >= 4 is 17.7 Å². The summed E-state index contributed by atoms with van der Waals surface area (Å²) in [6.45, 7) is 5.55. The minimum absolute atomic E-state index is 0.317. The van der Waals surface area contributed by atoms with Crippen molar-refractivity contribution in [1.29, 1.82) is 0 Å². The van der Waals surface area contributed by atoms with Crippen LogP contribution in [0.25, 0.3) is 0 Å². The lowest BCUT2D eigenvalue weighted by molar-refractivity contribution is 0.0526. The van der Waals surface area contributed by atoms with E-state index in [4.69, 9.17) is 4.74 Å². The van der Waals surface area contributed by atoms with Gasteiger partial charge >= 0.3 is 5.97 Å². The number of carbonyl (C=O) groups is 1. The predicted molar refractivity (Wildman–Crippen MR) is 93.2 cm³/mol. The lowest BCUT2D eigenvalue weighted by Gasteiger charge is -2.12. The number of esters is 1. The van der Waals surface area contributed by atoms with Gasteiger partial charge in [0.2, 0.25) is 5.95 Å². The summed E-state index contributed by atoms with van der Waals surface area (Å²) in [6, 6.07) is 3.95. The number of nitrogens with zero attached hydrogens (tertiary/aromatic N) is 3. The Morgan fingerprint density at radius 2 is 1.96 bits per heavy atom. The first-order valence-electron chi connectivity index (χ1n) is 8.15. The Hall–Kier alpha value is -2.70. The Morgan fingerprint density at radius 1 is 1.17 bits per heavy atom. The molecule has 0 bridgehead atoms. The van der Waals surface area contributed by atoms with Crippen molar-refractivity contribution in [3.8, 4) is 0 Å². The molecule has 128 valence electrons. The molecule has 0 aliphatic rings. The number of rotatable bonds is 9. The molecule has 0 saturated carbocycles. The normalized spacial score (nSPS) is 10.2. The zero-order valence-electron chi connectivity index (χ0n) is 14.1. The second-order valence-electron chi connectivity index (χ2n) is 5.14. The number of pyridine rings is 1. The molecule has 0 amide bonds. The van der Waals surface area contributed by atoms with E-state index in [1.165, 1.54) is 11.8 Å². The first-order chi connectivity index (χ1) is 11.7. The number of ether oxygens (including phenoxy) is 1. The molecule has 0 aliphatic carbocycles. The van der Waals surface area contributed by atoms with E-state index in [1.54, 1.807) is 19.3 Å². The highest BCUT2D eigenvalue weighted by Gasteiger charge is 2.15. The van der Waals surface area contributed by atoms with Crippen LogP contribution in [0.5, 0.6) is 0 Å². The van der Waals surface area contributed by atoms with Crippen molar-refractivity contribution in [2.24, 2.45) is 0 Å². The molecule has 0 aliphatic heterocycles. The fourth-order valence-electron chi connectivity index (χ4n) is 2.07. The first kappa shape index (κ1) is 17.7. The Labute approximate surface area is 141 Å². The quantitative estimate of drug-likeness (QED) is 0.683. The van der Waals surface area contributed by atoms with Gasteiger partial charge in [0, 0.05) is 31.7 Å². The van der Waals surface area contributed by atoms with E-state index < -0.39 is 5.97 Å². The van der Waals surface area contributed by atoms with Crippen LogP contribution in [0.15, 0.2) is 30.7 Å². The molecule has 0 radical (unpaired) electrons. The second kappa shape index (κ2) is 9.44. The minimum atomic E-state index is -0.417. The summed E-state index contributed by atoms with van der Waals surface area (Å²) < 4.78 is 5.04. The van der Waals surface area contributed by atoms with E-state index >= 15 is 0 Å². The molecule has 2 aromatic heterocycles. The van der Waals surface area contributed by atoms with E-state index in [-0.39, 0.29) is 0 Å². The van der Waals surface area contributed by atoms with Gasteiger partial charge in [0.25, 0.3) is 0 Å². The van der Waals surface area contributed by atoms with E-state index in [2.05, 4.69) is 25.6 Å². The molecule has 0 aromatic carbocycles. The van der Waals surface area contributed by atoms with Crippen molar-refractivity contribution < 1.29 is 9.53 Å². The standard InChI is InChI=1S/C17H23N5O2/c1-3-8-19-15-14(16(23)24-4-2)12-21-17(22-15)20-11-7-13-5-9-18-10-6-13/h5-6,9-10,12H,3-4,7-8,11H2,1-2H3,(H2,19,20,21,22). The van der Waals surface area contributed by atoms with Crippen LogP contribution in [0, 0.1) is 0 Å². The van der Waals surface area contributed by atoms with Gasteiger partial charge in [0.15, 0.2) is 0 Å². The maximum atomic E-state index is 12.0. The van der Waals surface area contributed by atoms with E-state index in [0.29, 0.717) is 30.5 Å². The first-order valence-corrected chi connectivity index (χ1v) is 8.15. The van der Waals surface area contributed by atoms with Crippen molar-refractivity contribution in [3.05, 3.63) is 41.9 Å². The number of anilines is 2. The molecular formula is C17H23N5O2. The van der Waals surface area contributed by atoms with Crippen molar-refractivity contribution in [3.63, 3.8) is 0 Å². The Kier molecular flexibility index (Phi) is 6.94. The largest absolute Gasteiger partial charge is 0.462 e.